The van der Waals surface area contributed by atoms with Gasteiger partial charge >= 0.3 is 0 Å². The summed E-state index contributed by atoms with van der Waals surface area (Å²) in [6.07, 6.45) is 2.03. The van der Waals surface area contributed by atoms with Crippen LogP contribution >= 0.6 is 0 Å². The van der Waals surface area contributed by atoms with E-state index in [0.717, 1.165) is 55.9 Å². The van der Waals surface area contributed by atoms with Gasteiger partial charge in [0, 0.05) is 43.9 Å². The third-order valence-corrected chi connectivity index (χ3v) is 6.98. The number of rotatable bonds is 7. The molecule has 34 heavy (non-hydrogen) atoms. The third kappa shape index (κ3) is 4.10. The van der Waals surface area contributed by atoms with E-state index in [-0.39, 0.29) is 11.9 Å². The number of unbranched alkanes of at least 4 members (excludes halogenated alkanes) is 1. The van der Waals surface area contributed by atoms with Crippen LogP contribution in [0.15, 0.2) is 60.7 Å². The van der Waals surface area contributed by atoms with E-state index in [1.165, 1.54) is 22.3 Å². The van der Waals surface area contributed by atoms with Crippen LogP contribution in [0.3, 0.4) is 0 Å². The molecule has 5 heteroatoms. The number of fused-ring (bicyclic) bond motifs is 3. The second kappa shape index (κ2) is 10.00. The zero-order valence-corrected chi connectivity index (χ0v) is 20.1. The van der Waals surface area contributed by atoms with E-state index in [1.54, 1.807) is 7.11 Å². The van der Waals surface area contributed by atoms with Gasteiger partial charge in [0.25, 0.3) is 5.91 Å². The predicted octanol–water partition coefficient (Wildman–Crippen LogP) is 4.87. The molecule has 1 amide bonds. The van der Waals surface area contributed by atoms with Crippen LogP contribution in [0.4, 0.5) is 0 Å². The molecule has 1 aliphatic carbocycles. The molecule has 1 atom stereocenters. The normalized spacial score (nSPS) is 17.2. The van der Waals surface area contributed by atoms with Crippen molar-refractivity contribution >= 4 is 5.91 Å². The molecular formula is C29H33N3O2. The number of hydrogen-bond acceptors (Lipinski definition) is 4. The highest BCUT2D eigenvalue weighted by atomic mass is 16.5. The maximum Gasteiger partial charge on any atom is 0.251 e. The van der Waals surface area contributed by atoms with Gasteiger partial charge in [-0.15, -0.1) is 0 Å². The Morgan fingerprint density at radius 2 is 1.74 bits per heavy atom. The van der Waals surface area contributed by atoms with Crippen molar-refractivity contribution in [2.24, 2.45) is 0 Å². The molecule has 1 fully saturated rings. The van der Waals surface area contributed by atoms with Gasteiger partial charge in [0.1, 0.15) is 5.75 Å². The summed E-state index contributed by atoms with van der Waals surface area (Å²) in [6, 6.07) is 21.1. The zero-order valence-electron chi connectivity index (χ0n) is 20.1. The second-order valence-corrected chi connectivity index (χ2v) is 9.07. The van der Waals surface area contributed by atoms with Crippen LogP contribution < -0.4 is 15.4 Å². The Morgan fingerprint density at radius 1 is 1.00 bits per heavy atom. The fourth-order valence-electron chi connectivity index (χ4n) is 5.34. The number of methoxy groups -OCH3 is 1. The number of amides is 1. The van der Waals surface area contributed by atoms with E-state index >= 15 is 0 Å². The minimum absolute atomic E-state index is 0.0117. The Balaban J connectivity index is 1.71. The first-order valence-electron chi connectivity index (χ1n) is 12.4. The fraction of sp³-hybridized carbons (Fsp3) is 0.345. The molecule has 176 valence electrons. The van der Waals surface area contributed by atoms with Gasteiger partial charge in [-0.1, -0.05) is 55.8 Å². The summed E-state index contributed by atoms with van der Waals surface area (Å²) in [5, 5.41) is 6.59. The standard InChI is InChI=1S/C29H33N3O2/c1-3-4-13-31-29(33)20-18-24(21-9-7-8-12-26(21)34-2)27-22-10-5-6-11-23(22)28(25(27)19-20)32-16-14-30-15-17-32/h5-12,18-19,28,30H,3-4,13-17H2,1-2H3,(H,31,33). The van der Waals surface area contributed by atoms with Gasteiger partial charge in [-0.2, -0.15) is 0 Å². The van der Waals surface area contributed by atoms with Gasteiger partial charge in [0.05, 0.1) is 13.2 Å². The Morgan fingerprint density at radius 3 is 2.50 bits per heavy atom. The molecule has 0 aromatic heterocycles. The van der Waals surface area contributed by atoms with Crippen molar-refractivity contribution in [1.29, 1.82) is 0 Å². The minimum atomic E-state index is -0.0117. The number of ether oxygens (including phenoxy) is 1. The van der Waals surface area contributed by atoms with Crippen molar-refractivity contribution in [2.75, 3.05) is 39.8 Å². The van der Waals surface area contributed by atoms with Gasteiger partial charge in [0.15, 0.2) is 0 Å². The van der Waals surface area contributed by atoms with Crippen molar-refractivity contribution in [1.82, 2.24) is 15.5 Å². The number of benzene rings is 3. The summed E-state index contributed by atoms with van der Waals surface area (Å²) >= 11 is 0. The summed E-state index contributed by atoms with van der Waals surface area (Å²) in [5.74, 6) is 0.804. The molecule has 5 rings (SSSR count). The van der Waals surface area contributed by atoms with E-state index in [2.05, 4.69) is 64.9 Å². The van der Waals surface area contributed by atoms with Crippen LogP contribution in [0.2, 0.25) is 0 Å². The molecule has 1 aliphatic heterocycles. The van der Waals surface area contributed by atoms with Crippen LogP contribution in [0.25, 0.3) is 22.3 Å². The number of nitrogens with zero attached hydrogens (tertiary/aromatic N) is 1. The molecule has 0 saturated carbocycles. The van der Waals surface area contributed by atoms with Crippen molar-refractivity contribution in [3.05, 3.63) is 77.4 Å². The van der Waals surface area contributed by atoms with Crippen molar-refractivity contribution < 1.29 is 9.53 Å². The van der Waals surface area contributed by atoms with Crippen molar-refractivity contribution in [3.8, 4) is 28.0 Å². The highest BCUT2D eigenvalue weighted by Gasteiger charge is 2.36. The predicted molar refractivity (Wildman–Crippen MR) is 137 cm³/mol. The molecule has 5 nitrogen and oxygen atoms in total. The first-order chi connectivity index (χ1) is 16.7. The number of carbonyl (C=O) groups is 1. The molecular weight excluding hydrogens is 422 g/mol. The molecule has 2 aliphatic rings. The number of piperazine rings is 1. The molecule has 1 unspecified atom stereocenters. The lowest BCUT2D eigenvalue weighted by Gasteiger charge is -2.34. The van der Waals surface area contributed by atoms with Gasteiger partial charge < -0.3 is 15.4 Å². The SMILES string of the molecule is CCCCNC(=O)c1cc(-c2ccccc2OC)c2c(c1)C(N1CCNCC1)c1ccccc1-2. The van der Waals surface area contributed by atoms with Crippen LogP contribution in [0.1, 0.15) is 47.3 Å². The Kier molecular flexibility index (Phi) is 6.66. The maximum atomic E-state index is 13.2. The largest absolute Gasteiger partial charge is 0.496 e. The average Bonchev–Trinajstić information content (AvgIpc) is 3.23. The quantitative estimate of drug-likeness (QED) is 0.499. The Hall–Kier alpha value is -3.15. The Labute approximate surface area is 202 Å². The van der Waals surface area contributed by atoms with Crippen LogP contribution in [-0.2, 0) is 0 Å². The van der Waals surface area contributed by atoms with Crippen LogP contribution in [0.5, 0.6) is 5.75 Å². The lowest BCUT2D eigenvalue weighted by molar-refractivity contribution is 0.0953. The summed E-state index contributed by atoms with van der Waals surface area (Å²) in [5.41, 5.74) is 7.78. The number of hydrogen-bond donors (Lipinski definition) is 2. The molecule has 0 bridgehead atoms. The van der Waals surface area contributed by atoms with Gasteiger partial charge in [0.2, 0.25) is 0 Å². The number of nitrogens with one attached hydrogen (secondary N) is 2. The Bertz CT molecular complexity index is 1180. The van der Waals surface area contributed by atoms with Crippen LogP contribution in [-0.4, -0.2) is 50.6 Å². The number of para-hydroxylation sites is 1. The van der Waals surface area contributed by atoms with Gasteiger partial charge in [-0.05, 0) is 52.4 Å². The smallest absolute Gasteiger partial charge is 0.251 e. The molecule has 2 N–H and O–H groups in total. The monoisotopic (exact) mass is 455 g/mol. The van der Waals surface area contributed by atoms with Crippen molar-refractivity contribution in [3.63, 3.8) is 0 Å². The second-order valence-electron chi connectivity index (χ2n) is 9.07. The first kappa shape index (κ1) is 22.6. The molecule has 3 aromatic carbocycles. The summed E-state index contributed by atoms with van der Waals surface area (Å²) in [4.78, 5) is 15.8. The van der Waals surface area contributed by atoms with E-state index < -0.39 is 0 Å². The van der Waals surface area contributed by atoms with Crippen LogP contribution in [0, 0.1) is 0 Å². The van der Waals surface area contributed by atoms with Crippen molar-refractivity contribution in [2.45, 2.75) is 25.8 Å². The number of carbonyl (C=O) groups excluding carboxylic acids is 1. The lowest BCUT2D eigenvalue weighted by atomic mass is 9.90. The third-order valence-electron chi connectivity index (χ3n) is 6.98. The summed E-state index contributed by atoms with van der Waals surface area (Å²) in [6.45, 7) is 6.74. The summed E-state index contributed by atoms with van der Waals surface area (Å²) < 4.78 is 5.75. The highest BCUT2D eigenvalue weighted by molar-refractivity contribution is 6.01. The van der Waals surface area contributed by atoms with E-state index in [4.69, 9.17) is 4.74 Å². The van der Waals surface area contributed by atoms with Gasteiger partial charge in [-0.25, -0.2) is 0 Å². The minimum Gasteiger partial charge on any atom is -0.496 e. The molecule has 0 radical (unpaired) electrons. The summed E-state index contributed by atoms with van der Waals surface area (Å²) in [7, 11) is 1.71. The highest BCUT2D eigenvalue weighted by Crippen LogP contribution is 2.51. The topological polar surface area (TPSA) is 53.6 Å². The average molecular weight is 456 g/mol. The van der Waals surface area contributed by atoms with E-state index in [0.29, 0.717) is 12.1 Å². The molecule has 1 saturated heterocycles. The molecule has 1 heterocycles. The maximum absolute atomic E-state index is 13.2. The zero-order chi connectivity index (χ0) is 23.5. The van der Waals surface area contributed by atoms with E-state index in [9.17, 15) is 4.79 Å². The fourth-order valence-corrected chi connectivity index (χ4v) is 5.34. The first-order valence-corrected chi connectivity index (χ1v) is 12.4. The lowest BCUT2D eigenvalue weighted by Crippen LogP contribution is -2.45. The molecule has 0 spiro atoms. The molecule has 3 aromatic rings. The van der Waals surface area contributed by atoms with E-state index in [1.807, 2.05) is 18.2 Å². The van der Waals surface area contributed by atoms with Gasteiger partial charge in [-0.3, -0.25) is 9.69 Å².